The highest BCUT2D eigenvalue weighted by molar-refractivity contribution is 7.09. The Morgan fingerprint density at radius 2 is 2.33 bits per heavy atom. The van der Waals surface area contributed by atoms with Crippen LogP contribution in [0.25, 0.3) is 0 Å². The number of nitrogens with one attached hydrogen (secondary N) is 1. The fourth-order valence-electron chi connectivity index (χ4n) is 3.00. The quantitative estimate of drug-likeness (QED) is 0.914. The number of hydrogen-bond donors (Lipinski definition) is 1. The summed E-state index contributed by atoms with van der Waals surface area (Å²) in [6.45, 7) is 4.38. The smallest absolute Gasteiger partial charge is 0.114 e. The van der Waals surface area contributed by atoms with Crippen molar-refractivity contribution in [2.45, 2.75) is 32.2 Å². The van der Waals surface area contributed by atoms with E-state index in [1.165, 1.54) is 29.7 Å². The molecule has 1 aliphatic heterocycles. The minimum atomic E-state index is 0.225. The molecule has 3 nitrogen and oxygen atoms in total. The van der Waals surface area contributed by atoms with Gasteiger partial charge in [-0.15, -0.1) is 11.3 Å². The summed E-state index contributed by atoms with van der Waals surface area (Å²) >= 11 is 1.73. The molecule has 0 fully saturated rings. The molecule has 1 atom stereocenters. The molecule has 0 saturated heterocycles. The summed E-state index contributed by atoms with van der Waals surface area (Å²) < 4.78 is 0. The lowest BCUT2D eigenvalue weighted by atomic mass is 9.96. The van der Waals surface area contributed by atoms with E-state index in [9.17, 15) is 0 Å². The van der Waals surface area contributed by atoms with Crippen LogP contribution in [0.1, 0.15) is 41.9 Å². The van der Waals surface area contributed by atoms with Crippen molar-refractivity contribution in [3.8, 4) is 0 Å². The number of thiazole rings is 1. The van der Waals surface area contributed by atoms with Gasteiger partial charge in [-0.05, 0) is 43.0 Å². The third kappa shape index (κ3) is 3.11. The molecule has 0 aliphatic carbocycles. The first kappa shape index (κ1) is 14.5. The van der Waals surface area contributed by atoms with Crippen molar-refractivity contribution in [3.05, 3.63) is 45.9 Å². The van der Waals surface area contributed by atoms with E-state index in [1.54, 1.807) is 11.3 Å². The topological polar surface area (TPSA) is 28.2 Å². The predicted molar refractivity (Wildman–Crippen MR) is 90.3 cm³/mol. The normalized spacial score (nSPS) is 15.8. The molecule has 0 spiro atoms. The number of rotatable bonds is 5. The maximum atomic E-state index is 4.52. The van der Waals surface area contributed by atoms with E-state index in [2.05, 4.69) is 52.8 Å². The average Bonchev–Trinajstić information content (AvgIpc) is 3.02. The van der Waals surface area contributed by atoms with Crippen LogP contribution in [0, 0.1) is 0 Å². The van der Waals surface area contributed by atoms with E-state index in [0.717, 1.165) is 24.5 Å². The van der Waals surface area contributed by atoms with Gasteiger partial charge in [0.15, 0.2) is 0 Å². The van der Waals surface area contributed by atoms with Gasteiger partial charge in [-0.3, -0.25) is 0 Å². The summed E-state index contributed by atoms with van der Waals surface area (Å²) in [7, 11) is 2.19. The Bertz CT molecular complexity index is 580. The maximum absolute atomic E-state index is 4.52. The largest absolute Gasteiger partial charge is 0.374 e. The highest BCUT2D eigenvalue weighted by Gasteiger charge is 2.19. The van der Waals surface area contributed by atoms with E-state index in [0.29, 0.717) is 0 Å². The first-order valence-corrected chi connectivity index (χ1v) is 8.64. The molecule has 1 unspecified atom stereocenters. The van der Waals surface area contributed by atoms with Crippen molar-refractivity contribution in [1.82, 2.24) is 10.3 Å². The van der Waals surface area contributed by atoms with E-state index < -0.39 is 0 Å². The van der Waals surface area contributed by atoms with Crippen molar-refractivity contribution in [2.75, 3.05) is 25.0 Å². The van der Waals surface area contributed by atoms with Crippen molar-refractivity contribution >= 4 is 17.0 Å². The Morgan fingerprint density at radius 3 is 3.10 bits per heavy atom. The zero-order valence-electron chi connectivity index (χ0n) is 12.8. The monoisotopic (exact) mass is 301 g/mol. The van der Waals surface area contributed by atoms with Crippen molar-refractivity contribution in [2.24, 2.45) is 0 Å². The van der Waals surface area contributed by atoms with E-state index in [4.69, 9.17) is 0 Å². The van der Waals surface area contributed by atoms with Crippen LogP contribution in [0.5, 0.6) is 0 Å². The minimum absolute atomic E-state index is 0.225. The van der Waals surface area contributed by atoms with Gasteiger partial charge in [-0.2, -0.15) is 0 Å². The Labute approximate surface area is 131 Å². The number of nitrogens with zero attached hydrogens (tertiary/aromatic N) is 2. The molecule has 1 aliphatic rings. The molecule has 1 aromatic carbocycles. The lowest BCUT2D eigenvalue weighted by molar-refractivity contribution is 0.594. The fraction of sp³-hybridized carbons (Fsp3) is 0.471. The molecule has 2 aromatic rings. The van der Waals surface area contributed by atoms with Gasteiger partial charge in [0, 0.05) is 30.9 Å². The van der Waals surface area contributed by atoms with E-state index in [-0.39, 0.29) is 6.04 Å². The third-order valence-electron chi connectivity index (χ3n) is 4.08. The van der Waals surface area contributed by atoms with Crippen LogP contribution >= 0.6 is 11.3 Å². The van der Waals surface area contributed by atoms with Gasteiger partial charge in [0.05, 0.1) is 6.04 Å². The first-order chi connectivity index (χ1) is 10.3. The first-order valence-electron chi connectivity index (χ1n) is 7.76. The standard InChI is InChI=1S/C17H23N3S/c1-3-8-18-16(17-19-9-11-21-17)14-6-7-15-13(12-14)5-4-10-20(15)2/h6-7,9,11-12,16,18H,3-5,8,10H2,1-2H3. The highest BCUT2D eigenvalue weighted by atomic mass is 32.1. The number of aryl methyl sites for hydroxylation is 1. The summed E-state index contributed by atoms with van der Waals surface area (Å²) in [5, 5.41) is 6.86. The Balaban J connectivity index is 1.92. The molecule has 21 heavy (non-hydrogen) atoms. The molecule has 4 heteroatoms. The summed E-state index contributed by atoms with van der Waals surface area (Å²) in [6, 6.07) is 7.13. The zero-order valence-corrected chi connectivity index (χ0v) is 13.6. The van der Waals surface area contributed by atoms with Gasteiger partial charge in [0.2, 0.25) is 0 Å². The molecule has 0 bridgehead atoms. The van der Waals surface area contributed by atoms with Gasteiger partial charge >= 0.3 is 0 Å². The van der Waals surface area contributed by atoms with Crippen LogP contribution in [-0.4, -0.2) is 25.1 Å². The van der Waals surface area contributed by atoms with Gasteiger partial charge in [0.1, 0.15) is 5.01 Å². The Morgan fingerprint density at radius 1 is 1.43 bits per heavy atom. The predicted octanol–water partition coefficient (Wildman–Crippen LogP) is 3.61. The number of aromatic nitrogens is 1. The molecular formula is C17H23N3S. The molecule has 2 heterocycles. The Hall–Kier alpha value is -1.39. The maximum Gasteiger partial charge on any atom is 0.114 e. The molecule has 1 aromatic heterocycles. The van der Waals surface area contributed by atoms with E-state index in [1.807, 2.05) is 6.20 Å². The van der Waals surface area contributed by atoms with Crippen LogP contribution in [0.3, 0.4) is 0 Å². The number of benzene rings is 1. The van der Waals surface area contributed by atoms with Crippen LogP contribution in [0.15, 0.2) is 29.8 Å². The van der Waals surface area contributed by atoms with Crippen molar-refractivity contribution in [1.29, 1.82) is 0 Å². The van der Waals surface area contributed by atoms with Gasteiger partial charge in [-0.25, -0.2) is 4.98 Å². The highest BCUT2D eigenvalue weighted by Crippen LogP contribution is 2.31. The van der Waals surface area contributed by atoms with Crippen LogP contribution in [-0.2, 0) is 6.42 Å². The van der Waals surface area contributed by atoms with Crippen LogP contribution in [0.4, 0.5) is 5.69 Å². The zero-order chi connectivity index (χ0) is 14.7. The van der Waals surface area contributed by atoms with Crippen LogP contribution < -0.4 is 10.2 Å². The third-order valence-corrected chi connectivity index (χ3v) is 4.93. The molecule has 112 valence electrons. The average molecular weight is 301 g/mol. The fourth-order valence-corrected chi connectivity index (χ4v) is 3.74. The SMILES string of the molecule is CCCNC(c1ccc2c(c1)CCCN2C)c1nccs1. The van der Waals surface area contributed by atoms with E-state index >= 15 is 0 Å². The molecule has 0 radical (unpaired) electrons. The number of hydrogen-bond acceptors (Lipinski definition) is 4. The van der Waals surface area contributed by atoms with Gasteiger partial charge < -0.3 is 10.2 Å². The second-order valence-electron chi connectivity index (χ2n) is 5.67. The number of fused-ring (bicyclic) bond motifs is 1. The molecule has 0 saturated carbocycles. The van der Waals surface area contributed by atoms with Crippen molar-refractivity contribution < 1.29 is 0 Å². The van der Waals surface area contributed by atoms with Crippen molar-refractivity contribution in [3.63, 3.8) is 0 Å². The molecule has 3 rings (SSSR count). The summed E-state index contributed by atoms with van der Waals surface area (Å²) in [6.07, 6.45) is 5.46. The summed E-state index contributed by atoms with van der Waals surface area (Å²) in [4.78, 5) is 6.88. The van der Waals surface area contributed by atoms with Gasteiger partial charge in [0.25, 0.3) is 0 Å². The molecule has 0 amide bonds. The van der Waals surface area contributed by atoms with Crippen LogP contribution in [0.2, 0.25) is 0 Å². The Kier molecular flexibility index (Phi) is 4.56. The van der Waals surface area contributed by atoms with Gasteiger partial charge in [-0.1, -0.05) is 19.1 Å². The lowest BCUT2D eigenvalue weighted by Crippen LogP contribution is -2.26. The minimum Gasteiger partial charge on any atom is -0.374 e. The summed E-state index contributed by atoms with van der Waals surface area (Å²) in [5.74, 6) is 0. The molecular weight excluding hydrogens is 278 g/mol. The second kappa shape index (κ2) is 6.58. The lowest BCUT2D eigenvalue weighted by Gasteiger charge is -2.28. The molecule has 1 N–H and O–H groups in total. The number of anilines is 1. The summed E-state index contributed by atoms with van der Waals surface area (Å²) in [5.41, 5.74) is 4.20. The second-order valence-corrected chi connectivity index (χ2v) is 6.60.